The second-order valence-electron chi connectivity index (χ2n) is 8.56. The molecule has 1 aliphatic carbocycles. The van der Waals surface area contributed by atoms with E-state index < -0.39 is 0 Å². The smallest absolute Gasteiger partial charge is 0.267 e. The summed E-state index contributed by atoms with van der Waals surface area (Å²) in [6.45, 7) is 4.82. The van der Waals surface area contributed by atoms with Crippen LogP contribution in [0.3, 0.4) is 0 Å². The van der Waals surface area contributed by atoms with E-state index >= 15 is 0 Å². The zero-order valence-corrected chi connectivity index (χ0v) is 18.0. The van der Waals surface area contributed by atoms with Crippen LogP contribution in [0.5, 0.6) is 0 Å². The molecule has 1 fully saturated rings. The van der Waals surface area contributed by atoms with Gasteiger partial charge in [0.2, 0.25) is 0 Å². The van der Waals surface area contributed by atoms with Crippen LogP contribution in [-0.2, 0) is 6.54 Å². The summed E-state index contributed by atoms with van der Waals surface area (Å²) in [5.74, 6) is 0.699. The molecule has 0 aliphatic heterocycles. The molecule has 7 heteroatoms. The lowest BCUT2D eigenvalue weighted by Gasteiger charge is -2.29. The fourth-order valence-electron chi connectivity index (χ4n) is 4.71. The average molecular weight is 417 g/mol. The van der Waals surface area contributed by atoms with E-state index in [-0.39, 0.29) is 11.6 Å². The minimum atomic E-state index is -0.0412. The summed E-state index contributed by atoms with van der Waals surface area (Å²) in [5, 5.41) is 14.2. The van der Waals surface area contributed by atoms with Crippen molar-refractivity contribution >= 4 is 10.9 Å². The number of para-hydroxylation sites is 1. The van der Waals surface area contributed by atoms with Crippen molar-refractivity contribution in [3.8, 4) is 5.82 Å². The van der Waals surface area contributed by atoms with Crippen molar-refractivity contribution in [1.29, 1.82) is 0 Å². The van der Waals surface area contributed by atoms with Gasteiger partial charge in [0.1, 0.15) is 0 Å². The van der Waals surface area contributed by atoms with E-state index in [0.29, 0.717) is 11.9 Å². The van der Waals surface area contributed by atoms with Crippen LogP contribution >= 0.6 is 0 Å². The van der Waals surface area contributed by atoms with E-state index in [4.69, 9.17) is 0 Å². The number of hydrogen-bond acceptors (Lipinski definition) is 4. The SMILES string of the molecule is Cc1cc(C)n(-c2ccc(=O)n(C3CCC(NCc4c[nH]c5ccccc45)CC3)n2)n1. The zero-order chi connectivity index (χ0) is 21.4. The lowest BCUT2D eigenvalue weighted by molar-refractivity contribution is 0.268. The van der Waals surface area contributed by atoms with Crippen LogP contribution < -0.4 is 10.9 Å². The van der Waals surface area contributed by atoms with Crippen molar-refractivity contribution in [3.63, 3.8) is 0 Å². The van der Waals surface area contributed by atoms with Crippen LogP contribution in [0.1, 0.15) is 48.7 Å². The summed E-state index contributed by atoms with van der Waals surface area (Å²) in [7, 11) is 0. The second-order valence-corrected chi connectivity index (χ2v) is 8.56. The Morgan fingerprint density at radius 3 is 2.65 bits per heavy atom. The molecule has 5 rings (SSSR count). The summed E-state index contributed by atoms with van der Waals surface area (Å²) in [5.41, 5.74) is 4.39. The first-order valence-corrected chi connectivity index (χ1v) is 11.0. The Morgan fingerprint density at radius 2 is 1.87 bits per heavy atom. The largest absolute Gasteiger partial charge is 0.361 e. The molecule has 1 aromatic carbocycles. The van der Waals surface area contributed by atoms with Gasteiger partial charge in [0, 0.05) is 41.4 Å². The van der Waals surface area contributed by atoms with Crippen LogP contribution in [0.4, 0.5) is 0 Å². The molecule has 0 unspecified atom stereocenters. The Morgan fingerprint density at radius 1 is 1.06 bits per heavy atom. The second kappa shape index (κ2) is 8.15. The lowest BCUT2D eigenvalue weighted by atomic mass is 9.91. The molecule has 0 bridgehead atoms. The molecule has 31 heavy (non-hydrogen) atoms. The van der Waals surface area contributed by atoms with Gasteiger partial charge in [-0.15, -0.1) is 5.10 Å². The van der Waals surface area contributed by atoms with Gasteiger partial charge in [0.05, 0.1) is 11.7 Å². The van der Waals surface area contributed by atoms with E-state index in [1.54, 1.807) is 21.5 Å². The molecule has 0 amide bonds. The minimum Gasteiger partial charge on any atom is -0.361 e. The number of benzene rings is 1. The number of rotatable bonds is 5. The van der Waals surface area contributed by atoms with Gasteiger partial charge in [-0.2, -0.15) is 5.10 Å². The maximum atomic E-state index is 12.5. The van der Waals surface area contributed by atoms with E-state index in [1.807, 2.05) is 19.9 Å². The molecule has 3 aromatic heterocycles. The molecule has 0 atom stereocenters. The third-order valence-corrected chi connectivity index (χ3v) is 6.34. The van der Waals surface area contributed by atoms with E-state index in [1.165, 1.54) is 16.5 Å². The zero-order valence-electron chi connectivity index (χ0n) is 18.0. The fraction of sp³-hybridized carbons (Fsp3) is 0.375. The number of aryl methyl sites for hydroxylation is 2. The summed E-state index contributed by atoms with van der Waals surface area (Å²) in [4.78, 5) is 15.9. The predicted molar refractivity (Wildman–Crippen MR) is 122 cm³/mol. The van der Waals surface area contributed by atoms with Crippen molar-refractivity contribution in [1.82, 2.24) is 29.9 Å². The average Bonchev–Trinajstić information content (AvgIpc) is 3.35. The van der Waals surface area contributed by atoms with Crippen LogP contribution in [-0.4, -0.2) is 30.6 Å². The molecule has 1 saturated carbocycles. The minimum absolute atomic E-state index is 0.0412. The summed E-state index contributed by atoms with van der Waals surface area (Å²) in [6, 6.07) is 14.4. The molecule has 0 radical (unpaired) electrons. The van der Waals surface area contributed by atoms with Crippen LogP contribution in [0.15, 0.2) is 53.5 Å². The van der Waals surface area contributed by atoms with Crippen LogP contribution in [0.2, 0.25) is 0 Å². The Hall–Kier alpha value is -3.19. The van der Waals surface area contributed by atoms with Crippen LogP contribution in [0, 0.1) is 13.8 Å². The van der Waals surface area contributed by atoms with E-state index in [9.17, 15) is 4.79 Å². The standard InChI is InChI=1S/C24H28N6O/c1-16-13-17(2)29(27-16)23-11-12-24(31)30(28-23)20-9-7-19(8-10-20)25-14-18-15-26-22-6-4-3-5-21(18)22/h3-6,11-13,15,19-20,25-26H,7-10,14H2,1-2H3. The van der Waals surface area contributed by atoms with Gasteiger partial charge in [0.15, 0.2) is 5.82 Å². The highest BCUT2D eigenvalue weighted by Crippen LogP contribution is 2.28. The van der Waals surface area contributed by atoms with Crippen molar-refractivity contribution in [2.24, 2.45) is 0 Å². The molecule has 7 nitrogen and oxygen atoms in total. The number of hydrogen-bond donors (Lipinski definition) is 2. The first-order valence-electron chi connectivity index (χ1n) is 11.0. The topological polar surface area (TPSA) is 80.5 Å². The van der Waals surface area contributed by atoms with Gasteiger partial charge in [-0.25, -0.2) is 9.36 Å². The molecule has 1 aliphatic rings. The van der Waals surface area contributed by atoms with Gasteiger partial charge in [0.25, 0.3) is 5.56 Å². The van der Waals surface area contributed by atoms with E-state index in [0.717, 1.165) is 43.6 Å². The molecule has 4 aromatic rings. The Kier molecular flexibility index (Phi) is 5.19. The van der Waals surface area contributed by atoms with Crippen LogP contribution in [0.25, 0.3) is 16.7 Å². The monoisotopic (exact) mass is 416 g/mol. The Balaban J connectivity index is 1.25. The Bertz CT molecular complexity index is 1260. The summed E-state index contributed by atoms with van der Waals surface area (Å²) < 4.78 is 3.47. The molecular weight excluding hydrogens is 388 g/mol. The van der Waals surface area contributed by atoms with Gasteiger partial charge >= 0.3 is 0 Å². The molecule has 0 spiro atoms. The first-order chi connectivity index (χ1) is 15.1. The lowest BCUT2D eigenvalue weighted by Crippen LogP contribution is -2.36. The highest BCUT2D eigenvalue weighted by molar-refractivity contribution is 5.82. The molecule has 160 valence electrons. The van der Waals surface area contributed by atoms with Gasteiger partial charge in [-0.1, -0.05) is 18.2 Å². The molecule has 3 heterocycles. The van der Waals surface area contributed by atoms with Crippen molar-refractivity contribution in [2.45, 2.75) is 58.2 Å². The number of fused-ring (bicyclic) bond motifs is 1. The number of nitrogens with one attached hydrogen (secondary N) is 2. The van der Waals surface area contributed by atoms with E-state index in [2.05, 4.69) is 51.0 Å². The number of H-pyrrole nitrogens is 1. The number of nitrogens with zero attached hydrogens (tertiary/aromatic N) is 4. The molecule has 2 N–H and O–H groups in total. The maximum Gasteiger partial charge on any atom is 0.267 e. The fourth-order valence-corrected chi connectivity index (χ4v) is 4.71. The summed E-state index contributed by atoms with van der Waals surface area (Å²) >= 11 is 0. The van der Waals surface area contributed by atoms with Gasteiger partial charge in [-0.05, 0) is 63.3 Å². The molecule has 0 saturated heterocycles. The van der Waals surface area contributed by atoms with Gasteiger partial charge < -0.3 is 10.3 Å². The quantitative estimate of drug-likeness (QED) is 0.519. The maximum absolute atomic E-state index is 12.5. The summed E-state index contributed by atoms with van der Waals surface area (Å²) in [6.07, 6.45) is 6.05. The van der Waals surface area contributed by atoms with Crippen molar-refractivity contribution < 1.29 is 0 Å². The van der Waals surface area contributed by atoms with Crippen molar-refractivity contribution in [2.75, 3.05) is 0 Å². The highest BCUT2D eigenvalue weighted by Gasteiger charge is 2.24. The predicted octanol–water partition coefficient (Wildman–Crippen LogP) is 3.80. The normalized spacial score (nSPS) is 19.2. The first kappa shape index (κ1) is 19.8. The number of aromatic nitrogens is 5. The Labute approximate surface area is 181 Å². The molecular formula is C24H28N6O. The highest BCUT2D eigenvalue weighted by atomic mass is 16.1. The van der Waals surface area contributed by atoms with Gasteiger partial charge in [-0.3, -0.25) is 4.79 Å². The third-order valence-electron chi connectivity index (χ3n) is 6.34. The third kappa shape index (κ3) is 3.93. The number of aromatic amines is 1. The van der Waals surface area contributed by atoms with Crippen molar-refractivity contribution in [3.05, 3.63) is 76.0 Å².